The number of nitrogens with zero attached hydrogens (tertiary/aromatic N) is 1. The summed E-state index contributed by atoms with van der Waals surface area (Å²) < 4.78 is 9.03. The van der Waals surface area contributed by atoms with E-state index in [2.05, 4.69) is 76.6 Å². The molecule has 1 N–H and O–H groups in total. The number of aromatic nitrogens is 1. The lowest BCUT2D eigenvalue weighted by molar-refractivity contribution is 0.0200. The van der Waals surface area contributed by atoms with E-state index in [4.69, 9.17) is 4.74 Å². The van der Waals surface area contributed by atoms with Gasteiger partial charge in [0, 0.05) is 25.0 Å². The number of para-hydroxylation sites is 2. The summed E-state index contributed by atoms with van der Waals surface area (Å²) in [5.41, 5.74) is 4.94. The molecule has 3 heterocycles. The van der Waals surface area contributed by atoms with Crippen LogP contribution in [-0.4, -0.2) is 17.7 Å². The molecule has 0 atom stereocenters. The zero-order valence-corrected chi connectivity index (χ0v) is 14.2. The third kappa shape index (κ3) is 2.38. The largest absolute Gasteiger partial charge is 0.479 e. The van der Waals surface area contributed by atoms with Crippen LogP contribution in [0.3, 0.4) is 0 Å². The van der Waals surface area contributed by atoms with Crippen molar-refractivity contribution in [2.75, 3.05) is 13.1 Å². The second-order valence-electron chi connectivity index (χ2n) is 7.02. The molecule has 1 fully saturated rings. The highest BCUT2D eigenvalue weighted by Gasteiger charge is 2.42. The van der Waals surface area contributed by atoms with Crippen molar-refractivity contribution >= 4 is 0 Å². The highest BCUT2D eigenvalue weighted by molar-refractivity contribution is 5.54. The van der Waals surface area contributed by atoms with Crippen LogP contribution in [-0.2, 0) is 12.0 Å². The predicted molar refractivity (Wildman–Crippen MR) is 99.4 cm³/mol. The van der Waals surface area contributed by atoms with Crippen molar-refractivity contribution in [3.8, 4) is 11.4 Å². The van der Waals surface area contributed by atoms with E-state index in [9.17, 15) is 0 Å². The smallest absolute Gasteiger partial charge is 0.152 e. The average Bonchev–Trinajstić information content (AvgIpc) is 3.09. The van der Waals surface area contributed by atoms with Crippen molar-refractivity contribution in [2.24, 2.45) is 0 Å². The van der Waals surface area contributed by atoms with Gasteiger partial charge in [-0.15, -0.1) is 0 Å². The SMILES string of the molecule is c1ccc(Cc2ccc3n2-c2ccccc2OC32CCNCC2)cc1. The van der Waals surface area contributed by atoms with Gasteiger partial charge in [-0.2, -0.15) is 0 Å². The molecule has 0 unspecified atom stereocenters. The Kier molecular flexibility index (Phi) is 3.42. The Morgan fingerprint density at radius 2 is 1.64 bits per heavy atom. The molecule has 1 saturated heterocycles. The van der Waals surface area contributed by atoms with Crippen LogP contribution < -0.4 is 10.1 Å². The quantitative estimate of drug-likeness (QED) is 0.767. The molecular weight excluding hydrogens is 308 g/mol. The number of nitrogens with one attached hydrogen (secondary N) is 1. The molecule has 5 rings (SSSR count). The monoisotopic (exact) mass is 330 g/mol. The van der Waals surface area contributed by atoms with Crippen molar-refractivity contribution in [3.05, 3.63) is 83.7 Å². The molecule has 0 saturated carbocycles. The molecule has 0 aliphatic carbocycles. The Bertz CT molecular complexity index is 891. The predicted octanol–water partition coefficient (Wildman–Crippen LogP) is 4.04. The van der Waals surface area contributed by atoms with E-state index < -0.39 is 0 Å². The molecule has 3 nitrogen and oxygen atoms in total. The van der Waals surface area contributed by atoms with Gasteiger partial charge < -0.3 is 14.6 Å². The van der Waals surface area contributed by atoms with Gasteiger partial charge in [0.15, 0.2) is 5.60 Å². The Labute approximate surface area is 148 Å². The normalized spacial score (nSPS) is 17.6. The van der Waals surface area contributed by atoms with Crippen molar-refractivity contribution in [1.29, 1.82) is 0 Å². The van der Waals surface area contributed by atoms with Crippen LogP contribution in [0.1, 0.15) is 29.8 Å². The number of hydrogen-bond acceptors (Lipinski definition) is 2. The molecule has 3 heteroatoms. The minimum absolute atomic E-state index is 0.200. The molecule has 3 aromatic rings. The lowest BCUT2D eigenvalue weighted by Gasteiger charge is -2.42. The van der Waals surface area contributed by atoms with Gasteiger partial charge >= 0.3 is 0 Å². The van der Waals surface area contributed by atoms with Gasteiger partial charge in [-0.05, 0) is 42.9 Å². The van der Waals surface area contributed by atoms with E-state index in [1.807, 2.05) is 0 Å². The third-order valence-electron chi connectivity index (χ3n) is 5.48. The van der Waals surface area contributed by atoms with Gasteiger partial charge in [-0.3, -0.25) is 0 Å². The highest BCUT2D eigenvalue weighted by atomic mass is 16.5. The van der Waals surface area contributed by atoms with Gasteiger partial charge in [0.25, 0.3) is 0 Å². The van der Waals surface area contributed by atoms with Crippen molar-refractivity contribution in [1.82, 2.24) is 9.88 Å². The van der Waals surface area contributed by atoms with Gasteiger partial charge in [-0.25, -0.2) is 0 Å². The highest BCUT2D eigenvalue weighted by Crippen LogP contribution is 2.45. The summed E-state index contributed by atoms with van der Waals surface area (Å²) in [6, 6.07) is 23.7. The van der Waals surface area contributed by atoms with Crippen molar-refractivity contribution < 1.29 is 4.74 Å². The standard InChI is InChI=1S/C22H22N2O/c1-2-6-17(7-3-1)16-18-10-11-21-22(12-14-23-15-13-22)25-20-9-5-4-8-19(20)24(18)21/h1-11,23H,12-16H2. The molecule has 126 valence electrons. The first-order valence-electron chi connectivity index (χ1n) is 9.10. The van der Waals surface area contributed by atoms with Crippen LogP contribution in [0.4, 0.5) is 0 Å². The van der Waals surface area contributed by atoms with E-state index in [0.717, 1.165) is 43.8 Å². The van der Waals surface area contributed by atoms with Crippen LogP contribution >= 0.6 is 0 Å². The van der Waals surface area contributed by atoms with Crippen LogP contribution in [0.2, 0.25) is 0 Å². The van der Waals surface area contributed by atoms with Crippen LogP contribution in [0.5, 0.6) is 5.75 Å². The molecule has 2 aliphatic rings. The fourth-order valence-electron chi connectivity index (χ4n) is 4.24. The Balaban J connectivity index is 1.66. The first kappa shape index (κ1) is 14.8. The first-order chi connectivity index (χ1) is 12.4. The number of ether oxygens (including phenoxy) is 1. The summed E-state index contributed by atoms with van der Waals surface area (Å²) in [5.74, 6) is 1.00. The van der Waals surface area contributed by atoms with E-state index in [1.54, 1.807) is 0 Å². The van der Waals surface area contributed by atoms with Gasteiger partial charge in [-0.1, -0.05) is 42.5 Å². The van der Waals surface area contributed by atoms with Gasteiger partial charge in [0.2, 0.25) is 0 Å². The van der Waals surface area contributed by atoms with Crippen LogP contribution in [0, 0.1) is 0 Å². The Morgan fingerprint density at radius 1 is 0.880 bits per heavy atom. The zero-order chi connectivity index (χ0) is 16.7. The van der Waals surface area contributed by atoms with E-state index in [0.29, 0.717) is 0 Å². The maximum absolute atomic E-state index is 6.59. The maximum Gasteiger partial charge on any atom is 0.152 e. The molecule has 1 spiro atoms. The van der Waals surface area contributed by atoms with Crippen LogP contribution in [0.15, 0.2) is 66.7 Å². The number of rotatable bonds is 2. The molecule has 2 aromatic carbocycles. The lowest BCUT2D eigenvalue weighted by Crippen LogP contribution is -2.47. The summed E-state index contributed by atoms with van der Waals surface area (Å²) in [4.78, 5) is 0. The first-order valence-corrected chi connectivity index (χ1v) is 9.10. The summed E-state index contributed by atoms with van der Waals surface area (Å²) in [7, 11) is 0. The molecule has 25 heavy (non-hydrogen) atoms. The fraction of sp³-hybridized carbons (Fsp3) is 0.273. The minimum Gasteiger partial charge on any atom is -0.479 e. The Morgan fingerprint density at radius 3 is 2.48 bits per heavy atom. The van der Waals surface area contributed by atoms with E-state index in [-0.39, 0.29) is 5.60 Å². The number of fused-ring (bicyclic) bond motifs is 4. The van der Waals surface area contributed by atoms with Crippen molar-refractivity contribution in [2.45, 2.75) is 24.9 Å². The summed E-state index contributed by atoms with van der Waals surface area (Å²) >= 11 is 0. The topological polar surface area (TPSA) is 26.2 Å². The molecule has 1 aromatic heterocycles. The number of piperidine rings is 1. The second-order valence-corrected chi connectivity index (χ2v) is 7.02. The average molecular weight is 330 g/mol. The maximum atomic E-state index is 6.59. The fourth-order valence-corrected chi connectivity index (χ4v) is 4.24. The van der Waals surface area contributed by atoms with Crippen LogP contribution in [0.25, 0.3) is 5.69 Å². The zero-order valence-electron chi connectivity index (χ0n) is 14.2. The third-order valence-corrected chi connectivity index (χ3v) is 5.48. The number of benzene rings is 2. The van der Waals surface area contributed by atoms with Crippen molar-refractivity contribution in [3.63, 3.8) is 0 Å². The summed E-state index contributed by atoms with van der Waals surface area (Å²) in [6.45, 7) is 2.00. The molecule has 0 bridgehead atoms. The summed E-state index contributed by atoms with van der Waals surface area (Å²) in [5, 5.41) is 3.47. The van der Waals surface area contributed by atoms with Gasteiger partial charge in [0.1, 0.15) is 5.75 Å². The molecule has 0 radical (unpaired) electrons. The Hall–Kier alpha value is -2.52. The van der Waals surface area contributed by atoms with E-state index in [1.165, 1.54) is 17.0 Å². The van der Waals surface area contributed by atoms with E-state index >= 15 is 0 Å². The second kappa shape index (κ2) is 5.78. The van der Waals surface area contributed by atoms with Gasteiger partial charge in [0.05, 0.1) is 11.4 Å². The number of hydrogen-bond donors (Lipinski definition) is 1. The summed E-state index contributed by atoms with van der Waals surface area (Å²) in [6.07, 6.45) is 2.95. The lowest BCUT2D eigenvalue weighted by atomic mass is 9.87. The molecule has 0 amide bonds. The minimum atomic E-state index is -0.200. The molecule has 2 aliphatic heterocycles. The molecular formula is C22H22N2O.